The summed E-state index contributed by atoms with van der Waals surface area (Å²) in [6.45, 7) is 3.06. The molecule has 4 rings (SSSR count). The Kier molecular flexibility index (Phi) is 7.49. The van der Waals surface area contributed by atoms with E-state index in [-0.39, 0.29) is 29.5 Å². The van der Waals surface area contributed by atoms with Gasteiger partial charge in [-0.25, -0.2) is 14.8 Å². The molecule has 8 heteroatoms. The fraction of sp³-hybridized carbons (Fsp3) is 0.308. The lowest BCUT2D eigenvalue weighted by atomic mass is 9.89. The van der Waals surface area contributed by atoms with E-state index in [1.165, 1.54) is 5.56 Å². The first-order chi connectivity index (χ1) is 16.5. The van der Waals surface area contributed by atoms with Gasteiger partial charge in [-0.05, 0) is 43.8 Å². The summed E-state index contributed by atoms with van der Waals surface area (Å²) in [4.78, 5) is 35.4. The molecular weight excluding hydrogens is 430 g/mol. The van der Waals surface area contributed by atoms with E-state index in [9.17, 15) is 9.59 Å². The van der Waals surface area contributed by atoms with Gasteiger partial charge in [-0.2, -0.15) is 0 Å². The van der Waals surface area contributed by atoms with Crippen LogP contribution in [0.5, 0.6) is 0 Å². The van der Waals surface area contributed by atoms with Crippen molar-refractivity contribution in [2.24, 2.45) is 5.73 Å². The first-order valence-electron chi connectivity index (χ1n) is 11.5. The average Bonchev–Trinajstić information content (AvgIpc) is 2.87. The van der Waals surface area contributed by atoms with Gasteiger partial charge in [0, 0.05) is 12.1 Å². The molecule has 0 bridgehead atoms. The van der Waals surface area contributed by atoms with Crippen LogP contribution in [-0.4, -0.2) is 53.0 Å². The van der Waals surface area contributed by atoms with Gasteiger partial charge in [-0.15, -0.1) is 0 Å². The molecule has 1 amide bonds. The van der Waals surface area contributed by atoms with Crippen molar-refractivity contribution in [3.05, 3.63) is 77.5 Å². The van der Waals surface area contributed by atoms with E-state index in [1.807, 2.05) is 24.3 Å². The van der Waals surface area contributed by atoms with Crippen molar-refractivity contribution >= 4 is 17.7 Å². The third-order valence-electron chi connectivity index (χ3n) is 6.12. The number of likely N-dealkylation sites (tertiary alicyclic amines) is 1. The number of aromatic nitrogens is 2. The Morgan fingerprint density at radius 3 is 2.26 bits per heavy atom. The van der Waals surface area contributed by atoms with E-state index < -0.39 is 11.9 Å². The van der Waals surface area contributed by atoms with E-state index in [4.69, 9.17) is 16.2 Å². The maximum atomic E-state index is 12.7. The van der Waals surface area contributed by atoms with Crippen LogP contribution in [-0.2, 0) is 4.74 Å². The van der Waals surface area contributed by atoms with Gasteiger partial charge in [0.05, 0.1) is 6.61 Å². The van der Waals surface area contributed by atoms with Gasteiger partial charge >= 0.3 is 5.97 Å². The molecule has 1 fully saturated rings. The first kappa shape index (κ1) is 23.4. The molecule has 176 valence electrons. The van der Waals surface area contributed by atoms with Crippen molar-refractivity contribution in [3.63, 3.8) is 0 Å². The van der Waals surface area contributed by atoms with Gasteiger partial charge < -0.3 is 21.1 Å². The molecule has 8 nitrogen and oxygen atoms in total. The van der Waals surface area contributed by atoms with Gasteiger partial charge in [0.1, 0.15) is 17.1 Å². The number of ether oxygens (including phenoxy) is 1. The lowest BCUT2D eigenvalue weighted by molar-refractivity contribution is 0.0481. The standard InChI is InChI=1S/C26H29N5O3/c27-23-21(22(24(28)32)29-25(30-23)20-10-5-2-6-11-20)26(33)34-17-7-14-31-15-12-19(13-16-31)18-8-3-1-4-9-18/h1-6,8-11,19H,7,12-17H2,(H2,28,32)(H2,27,29,30). The summed E-state index contributed by atoms with van der Waals surface area (Å²) < 4.78 is 5.39. The minimum absolute atomic E-state index is 0.129. The van der Waals surface area contributed by atoms with Crippen LogP contribution in [0, 0.1) is 0 Å². The molecule has 4 N–H and O–H groups in total. The lowest BCUT2D eigenvalue weighted by Crippen LogP contribution is -2.34. The average molecular weight is 460 g/mol. The summed E-state index contributed by atoms with van der Waals surface area (Å²) in [5.74, 6) is -0.907. The van der Waals surface area contributed by atoms with E-state index in [1.54, 1.807) is 12.1 Å². The molecule has 34 heavy (non-hydrogen) atoms. The van der Waals surface area contributed by atoms with Crippen LogP contribution in [0.1, 0.15) is 51.6 Å². The number of carbonyl (C=O) groups is 2. The highest BCUT2D eigenvalue weighted by Gasteiger charge is 2.25. The molecular formula is C26H29N5O3. The normalized spacial score (nSPS) is 14.6. The maximum absolute atomic E-state index is 12.7. The zero-order valence-corrected chi connectivity index (χ0v) is 19.0. The van der Waals surface area contributed by atoms with Gasteiger partial charge in [-0.3, -0.25) is 4.79 Å². The number of nitrogens with zero attached hydrogens (tertiary/aromatic N) is 3. The Balaban J connectivity index is 1.31. The smallest absolute Gasteiger partial charge is 0.344 e. The second kappa shape index (κ2) is 10.9. The fourth-order valence-corrected chi connectivity index (χ4v) is 4.31. The molecule has 1 aliphatic heterocycles. The predicted molar refractivity (Wildman–Crippen MR) is 130 cm³/mol. The molecule has 3 aromatic rings. The fourth-order valence-electron chi connectivity index (χ4n) is 4.31. The van der Waals surface area contributed by atoms with Crippen molar-refractivity contribution in [1.29, 1.82) is 0 Å². The number of benzene rings is 2. The SMILES string of the molecule is NC(=O)c1nc(-c2ccccc2)nc(N)c1C(=O)OCCCN1CCC(c2ccccc2)CC1. The minimum Gasteiger partial charge on any atom is -0.462 e. The van der Waals surface area contributed by atoms with Crippen molar-refractivity contribution in [3.8, 4) is 11.4 Å². The number of esters is 1. The zero-order chi connectivity index (χ0) is 23.9. The van der Waals surface area contributed by atoms with Crippen LogP contribution in [0.25, 0.3) is 11.4 Å². The van der Waals surface area contributed by atoms with Crippen LogP contribution in [0.15, 0.2) is 60.7 Å². The molecule has 0 unspecified atom stereocenters. The largest absolute Gasteiger partial charge is 0.462 e. The molecule has 2 aromatic carbocycles. The number of rotatable bonds is 8. The Morgan fingerprint density at radius 1 is 0.971 bits per heavy atom. The Morgan fingerprint density at radius 2 is 1.62 bits per heavy atom. The Labute approximate surface area is 199 Å². The van der Waals surface area contributed by atoms with Gasteiger partial charge in [0.25, 0.3) is 5.91 Å². The van der Waals surface area contributed by atoms with E-state index in [0.717, 1.165) is 32.5 Å². The number of nitrogen functional groups attached to an aromatic ring is 1. The lowest BCUT2D eigenvalue weighted by Gasteiger charge is -2.32. The number of piperidine rings is 1. The maximum Gasteiger partial charge on any atom is 0.344 e. The number of hydrogen-bond donors (Lipinski definition) is 2. The molecule has 0 spiro atoms. The number of amides is 1. The molecule has 0 saturated carbocycles. The quantitative estimate of drug-likeness (QED) is 0.391. The third-order valence-corrected chi connectivity index (χ3v) is 6.12. The summed E-state index contributed by atoms with van der Waals surface area (Å²) in [6, 6.07) is 19.6. The van der Waals surface area contributed by atoms with Crippen molar-refractivity contribution in [1.82, 2.24) is 14.9 Å². The highest BCUT2D eigenvalue weighted by molar-refractivity contribution is 6.06. The minimum atomic E-state index is -0.862. The molecule has 1 aromatic heterocycles. The van der Waals surface area contributed by atoms with Crippen LogP contribution >= 0.6 is 0 Å². The monoisotopic (exact) mass is 459 g/mol. The van der Waals surface area contributed by atoms with Crippen molar-refractivity contribution < 1.29 is 14.3 Å². The van der Waals surface area contributed by atoms with Gasteiger partial charge in [0.15, 0.2) is 5.82 Å². The third kappa shape index (κ3) is 5.58. The summed E-state index contributed by atoms with van der Waals surface area (Å²) in [7, 11) is 0. The molecule has 2 heterocycles. The predicted octanol–water partition coefficient (Wildman–Crippen LogP) is 3.25. The summed E-state index contributed by atoms with van der Waals surface area (Å²) >= 11 is 0. The van der Waals surface area contributed by atoms with E-state index in [0.29, 0.717) is 17.9 Å². The zero-order valence-electron chi connectivity index (χ0n) is 19.0. The number of hydrogen-bond acceptors (Lipinski definition) is 7. The Bertz CT molecular complexity index is 1130. The second-order valence-electron chi connectivity index (χ2n) is 8.40. The van der Waals surface area contributed by atoms with Gasteiger partial charge in [0.2, 0.25) is 0 Å². The van der Waals surface area contributed by atoms with E-state index >= 15 is 0 Å². The highest BCUT2D eigenvalue weighted by atomic mass is 16.5. The first-order valence-corrected chi connectivity index (χ1v) is 11.5. The molecule has 0 atom stereocenters. The highest BCUT2D eigenvalue weighted by Crippen LogP contribution is 2.27. The summed E-state index contributed by atoms with van der Waals surface area (Å²) in [5.41, 5.74) is 13.1. The summed E-state index contributed by atoms with van der Waals surface area (Å²) in [5, 5.41) is 0. The Hall–Kier alpha value is -3.78. The van der Waals surface area contributed by atoms with Crippen molar-refractivity contribution in [2.75, 3.05) is 32.0 Å². The number of carbonyl (C=O) groups excluding carboxylic acids is 2. The summed E-state index contributed by atoms with van der Waals surface area (Å²) in [6.07, 6.45) is 2.91. The molecule has 0 radical (unpaired) electrons. The topological polar surface area (TPSA) is 124 Å². The van der Waals surface area contributed by atoms with Crippen LogP contribution in [0.2, 0.25) is 0 Å². The molecule has 1 aliphatic rings. The molecule has 1 saturated heterocycles. The van der Waals surface area contributed by atoms with Crippen LogP contribution < -0.4 is 11.5 Å². The van der Waals surface area contributed by atoms with Crippen LogP contribution in [0.4, 0.5) is 5.82 Å². The molecule has 0 aliphatic carbocycles. The van der Waals surface area contributed by atoms with Gasteiger partial charge in [-0.1, -0.05) is 60.7 Å². The van der Waals surface area contributed by atoms with Crippen molar-refractivity contribution in [2.45, 2.75) is 25.2 Å². The number of anilines is 1. The van der Waals surface area contributed by atoms with E-state index in [2.05, 4.69) is 39.1 Å². The second-order valence-corrected chi connectivity index (χ2v) is 8.40. The number of primary amides is 1. The number of nitrogens with two attached hydrogens (primary N) is 2. The van der Waals surface area contributed by atoms with Crippen LogP contribution in [0.3, 0.4) is 0 Å².